The molecule has 0 fully saturated rings. The number of fused-ring (bicyclic) bond motifs is 1. The van der Waals surface area contributed by atoms with E-state index in [1.54, 1.807) is 7.11 Å². The van der Waals surface area contributed by atoms with Crippen LogP contribution < -0.4 is 10.2 Å². The van der Waals surface area contributed by atoms with Crippen LogP contribution in [0.5, 0.6) is 0 Å². The lowest BCUT2D eigenvalue weighted by Gasteiger charge is -2.34. The number of para-hydroxylation sites is 1. The number of amides is 1. The van der Waals surface area contributed by atoms with Crippen LogP contribution in [0.25, 0.3) is 22.5 Å². The van der Waals surface area contributed by atoms with Gasteiger partial charge in [-0.15, -0.1) is 0 Å². The van der Waals surface area contributed by atoms with Gasteiger partial charge in [-0.3, -0.25) is 4.79 Å². The molecule has 3 aromatic carbocycles. The van der Waals surface area contributed by atoms with E-state index in [4.69, 9.17) is 26.3 Å². The van der Waals surface area contributed by atoms with E-state index in [1.807, 2.05) is 54.6 Å². The fourth-order valence-corrected chi connectivity index (χ4v) is 5.39. The van der Waals surface area contributed by atoms with E-state index >= 15 is 0 Å². The first-order valence-electron chi connectivity index (χ1n) is 14.4. The highest BCUT2D eigenvalue weighted by Gasteiger charge is 2.30. The number of nitrogens with zero attached hydrogens (tertiary/aromatic N) is 3. The molecule has 1 N–H and O–H groups in total. The molecule has 212 valence electrons. The molecule has 0 aliphatic carbocycles. The number of rotatable bonds is 11. The SMILES string of the molecule is COC1CCN(CCCCCCC(=O)Nc2ccccc2)c2nc(-c3ccc(C)cc3)c(-c3ccc(Cl)cc3)nc21. The zero-order valence-electron chi connectivity index (χ0n) is 23.8. The molecule has 1 unspecified atom stereocenters. The second-order valence-corrected chi connectivity index (χ2v) is 11.0. The Labute approximate surface area is 247 Å². The minimum absolute atomic E-state index is 0.0715. The number of anilines is 2. The Bertz CT molecular complexity index is 1440. The highest BCUT2D eigenvalue weighted by atomic mass is 35.5. The summed E-state index contributed by atoms with van der Waals surface area (Å²) in [5.41, 5.74) is 6.64. The second-order valence-electron chi connectivity index (χ2n) is 10.6. The zero-order valence-corrected chi connectivity index (χ0v) is 24.5. The lowest BCUT2D eigenvalue weighted by Crippen LogP contribution is -2.34. The summed E-state index contributed by atoms with van der Waals surface area (Å²) in [6, 6.07) is 25.8. The molecule has 41 heavy (non-hydrogen) atoms. The summed E-state index contributed by atoms with van der Waals surface area (Å²) in [5.74, 6) is 0.973. The van der Waals surface area contributed by atoms with E-state index in [0.29, 0.717) is 11.4 Å². The standard InChI is InChI=1S/C34H37ClN4O2/c1-24-13-15-25(16-14-24)32-31(26-17-19-27(35)20-18-26)37-33-29(41-2)21-23-39(34(33)38-32)22-9-4-3-8-12-30(40)36-28-10-6-5-7-11-28/h5-7,10-11,13-20,29H,3-4,8-9,12,21-23H2,1-2H3,(H,36,40). The highest BCUT2D eigenvalue weighted by molar-refractivity contribution is 6.30. The molecule has 5 rings (SSSR count). The fourth-order valence-electron chi connectivity index (χ4n) is 5.26. The molecular weight excluding hydrogens is 532 g/mol. The molecule has 1 aromatic heterocycles. The van der Waals surface area contributed by atoms with Crippen LogP contribution >= 0.6 is 11.6 Å². The molecule has 0 saturated heterocycles. The number of hydrogen-bond donors (Lipinski definition) is 1. The van der Waals surface area contributed by atoms with Crippen molar-refractivity contribution in [3.63, 3.8) is 0 Å². The van der Waals surface area contributed by atoms with E-state index in [-0.39, 0.29) is 12.0 Å². The number of methoxy groups -OCH3 is 1. The van der Waals surface area contributed by atoms with Gasteiger partial charge in [-0.1, -0.05) is 84.6 Å². The van der Waals surface area contributed by atoms with Crippen LogP contribution in [-0.4, -0.2) is 36.1 Å². The van der Waals surface area contributed by atoms with Gasteiger partial charge in [0.25, 0.3) is 0 Å². The van der Waals surface area contributed by atoms with E-state index in [2.05, 4.69) is 41.4 Å². The summed E-state index contributed by atoms with van der Waals surface area (Å²) in [5, 5.41) is 3.65. The minimum Gasteiger partial charge on any atom is -0.375 e. The summed E-state index contributed by atoms with van der Waals surface area (Å²) in [4.78, 5) is 25.1. The molecule has 0 spiro atoms. The molecule has 1 amide bonds. The van der Waals surface area contributed by atoms with E-state index < -0.39 is 0 Å². The number of unbranched alkanes of at least 4 members (excludes halogenated alkanes) is 3. The number of nitrogens with one attached hydrogen (secondary N) is 1. The number of carbonyl (C=O) groups is 1. The zero-order chi connectivity index (χ0) is 28.6. The van der Waals surface area contributed by atoms with Crippen LogP contribution in [0.3, 0.4) is 0 Å². The van der Waals surface area contributed by atoms with Gasteiger partial charge in [0.1, 0.15) is 11.8 Å². The Balaban J connectivity index is 1.29. The molecule has 2 heterocycles. The molecule has 0 saturated carbocycles. The van der Waals surface area contributed by atoms with Gasteiger partial charge >= 0.3 is 0 Å². The number of halogens is 1. The molecule has 1 aliphatic rings. The van der Waals surface area contributed by atoms with Crippen molar-refractivity contribution in [1.29, 1.82) is 0 Å². The van der Waals surface area contributed by atoms with Gasteiger partial charge in [0.2, 0.25) is 5.91 Å². The first-order chi connectivity index (χ1) is 20.0. The van der Waals surface area contributed by atoms with Crippen molar-refractivity contribution in [2.45, 2.75) is 51.6 Å². The topological polar surface area (TPSA) is 67.3 Å². The summed E-state index contributed by atoms with van der Waals surface area (Å²) in [6.07, 6.45) is 5.27. The number of carbonyl (C=O) groups excluding carboxylic acids is 1. The van der Waals surface area contributed by atoms with Crippen LogP contribution in [0.4, 0.5) is 11.5 Å². The van der Waals surface area contributed by atoms with Crippen LogP contribution in [0, 0.1) is 6.92 Å². The van der Waals surface area contributed by atoms with E-state index in [1.165, 1.54) is 5.56 Å². The maximum Gasteiger partial charge on any atom is 0.224 e. The van der Waals surface area contributed by atoms with Crippen LogP contribution in [-0.2, 0) is 9.53 Å². The molecule has 1 aliphatic heterocycles. The second kappa shape index (κ2) is 13.7. The number of benzene rings is 3. The van der Waals surface area contributed by atoms with Crippen molar-refractivity contribution in [2.75, 3.05) is 30.4 Å². The Morgan fingerprint density at radius 3 is 2.27 bits per heavy atom. The lowest BCUT2D eigenvalue weighted by molar-refractivity contribution is -0.116. The summed E-state index contributed by atoms with van der Waals surface area (Å²) < 4.78 is 5.87. The number of aromatic nitrogens is 2. The number of aryl methyl sites for hydroxylation is 1. The van der Waals surface area contributed by atoms with E-state index in [0.717, 1.165) is 84.9 Å². The largest absolute Gasteiger partial charge is 0.375 e. The van der Waals surface area contributed by atoms with Gasteiger partial charge in [0.15, 0.2) is 5.82 Å². The van der Waals surface area contributed by atoms with Gasteiger partial charge in [-0.2, -0.15) is 0 Å². The molecule has 1 atom stereocenters. The van der Waals surface area contributed by atoms with Crippen molar-refractivity contribution in [2.24, 2.45) is 0 Å². The van der Waals surface area contributed by atoms with Gasteiger partial charge in [0.05, 0.1) is 11.4 Å². The predicted octanol–water partition coefficient (Wildman–Crippen LogP) is 8.26. The third-order valence-electron chi connectivity index (χ3n) is 7.54. The van der Waals surface area contributed by atoms with Crippen molar-refractivity contribution in [3.8, 4) is 22.5 Å². The quantitative estimate of drug-likeness (QED) is 0.184. The predicted molar refractivity (Wildman–Crippen MR) is 167 cm³/mol. The van der Waals surface area contributed by atoms with Crippen LogP contribution in [0.15, 0.2) is 78.9 Å². The summed E-state index contributed by atoms with van der Waals surface area (Å²) in [7, 11) is 1.75. The third kappa shape index (κ3) is 7.32. The molecule has 0 bridgehead atoms. The van der Waals surface area contributed by atoms with Gasteiger partial charge in [-0.05, 0) is 50.5 Å². The molecular formula is C34H37ClN4O2. The molecule has 6 nitrogen and oxygen atoms in total. The number of ether oxygens (including phenoxy) is 1. The van der Waals surface area contributed by atoms with Crippen molar-refractivity contribution in [1.82, 2.24) is 9.97 Å². The van der Waals surface area contributed by atoms with Crippen LogP contribution in [0.1, 0.15) is 55.9 Å². The first kappa shape index (κ1) is 28.8. The first-order valence-corrected chi connectivity index (χ1v) is 14.8. The van der Waals surface area contributed by atoms with Crippen LogP contribution in [0.2, 0.25) is 5.02 Å². The van der Waals surface area contributed by atoms with Gasteiger partial charge < -0.3 is 15.0 Å². The molecule has 4 aromatic rings. The summed E-state index contributed by atoms with van der Waals surface area (Å²) >= 11 is 6.20. The molecule has 0 radical (unpaired) electrons. The lowest BCUT2D eigenvalue weighted by atomic mass is 10.0. The maximum absolute atomic E-state index is 12.3. The van der Waals surface area contributed by atoms with Gasteiger partial charge in [-0.25, -0.2) is 9.97 Å². The highest BCUT2D eigenvalue weighted by Crippen LogP contribution is 2.39. The minimum atomic E-state index is -0.102. The van der Waals surface area contributed by atoms with Gasteiger partial charge in [0, 0.05) is 48.5 Å². The third-order valence-corrected chi connectivity index (χ3v) is 7.79. The Morgan fingerprint density at radius 2 is 1.56 bits per heavy atom. The van der Waals surface area contributed by atoms with Crippen molar-refractivity contribution >= 4 is 29.0 Å². The average Bonchev–Trinajstić information content (AvgIpc) is 2.99. The normalized spacial score (nSPS) is 14.5. The monoisotopic (exact) mass is 568 g/mol. The Kier molecular flexibility index (Phi) is 9.65. The van der Waals surface area contributed by atoms with Crippen molar-refractivity contribution in [3.05, 3.63) is 95.1 Å². The maximum atomic E-state index is 12.3. The summed E-state index contributed by atoms with van der Waals surface area (Å²) in [6.45, 7) is 3.85. The Morgan fingerprint density at radius 1 is 0.902 bits per heavy atom. The average molecular weight is 569 g/mol. The Hall–Kier alpha value is -3.74. The fraction of sp³-hybridized carbons (Fsp3) is 0.324. The smallest absolute Gasteiger partial charge is 0.224 e. The van der Waals surface area contributed by atoms with E-state index in [9.17, 15) is 4.79 Å². The number of hydrogen-bond acceptors (Lipinski definition) is 5. The van der Waals surface area contributed by atoms with Crippen molar-refractivity contribution < 1.29 is 9.53 Å². The molecule has 7 heteroatoms.